The lowest BCUT2D eigenvalue weighted by Gasteiger charge is -2.61. The molecule has 0 aromatic heterocycles. The minimum atomic E-state index is -2.95. The van der Waals surface area contributed by atoms with Gasteiger partial charge < -0.3 is 14.3 Å². The van der Waals surface area contributed by atoms with Crippen molar-refractivity contribution in [2.45, 2.75) is 97.8 Å². The molecule has 44 heavy (non-hydrogen) atoms. The van der Waals surface area contributed by atoms with Gasteiger partial charge in [0.25, 0.3) is 8.32 Å². The van der Waals surface area contributed by atoms with Crippen LogP contribution >= 0.6 is 0 Å². The highest BCUT2D eigenvalue weighted by molar-refractivity contribution is 6.99. The van der Waals surface area contributed by atoms with Crippen LogP contribution < -0.4 is 10.4 Å². The molecule has 6 heteroatoms. The highest BCUT2D eigenvalue weighted by Crippen LogP contribution is 2.68. The standard InChI is InChI=1S/C38H52O5Si/c1-9-36(7)24-31(37(8)26(2)20-22-38(27(3)34(36)41)23-21-30(39)33(37)38)43-32(40)25-42-44(35(4,5)6,28-16-12-10-13-17-28)29-18-14-11-15-19-29/h9-19,26-27,31,33-34,41H,1,20-25H2,2-8H3/t26-,27+,31-,33?,34+,36+,37+,38+/m1/s1. The molecule has 8 atom stereocenters. The van der Waals surface area contributed by atoms with Crippen LogP contribution in [0.1, 0.15) is 80.6 Å². The van der Waals surface area contributed by atoms with Crippen LogP contribution in [0.5, 0.6) is 0 Å². The fraction of sp³-hybridized carbons (Fsp3) is 0.579. The molecule has 2 aromatic carbocycles. The van der Waals surface area contributed by atoms with Crippen molar-refractivity contribution in [2.75, 3.05) is 6.61 Å². The largest absolute Gasteiger partial charge is 0.460 e. The van der Waals surface area contributed by atoms with E-state index in [0.29, 0.717) is 12.8 Å². The maximum absolute atomic E-state index is 14.1. The van der Waals surface area contributed by atoms with Crippen molar-refractivity contribution >= 4 is 30.4 Å². The maximum atomic E-state index is 14.1. The van der Waals surface area contributed by atoms with Crippen LogP contribution in [0.4, 0.5) is 0 Å². The number of carbonyl (C=O) groups is 2. The molecule has 3 saturated carbocycles. The quantitative estimate of drug-likeness (QED) is 0.219. The zero-order chi connectivity index (χ0) is 32.1. The Kier molecular flexibility index (Phi) is 8.71. The number of Topliss-reactive ketones (excluding diaryl/α,β-unsaturated/α-hetero) is 1. The predicted molar refractivity (Wildman–Crippen MR) is 178 cm³/mol. The monoisotopic (exact) mass is 616 g/mol. The molecule has 2 aromatic rings. The molecule has 3 aliphatic rings. The van der Waals surface area contributed by atoms with E-state index < -0.39 is 37.3 Å². The lowest BCUT2D eigenvalue weighted by Crippen LogP contribution is -2.67. The summed E-state index contributed by atoms with van der Waals surface area (Å²) in [5.74, 6) is -0.316. The summed E-state index contributed by atoms with van der Waals surface area (Å²) >= 11 is 0. The van der Waals surface area contributed by atoms with E-state index in [1.165, 1.54) is 0 Å². The van der Waals surface area contributed by atoms with Crippen molar-refractivity contribution < 1.29 is 23.9 Å². The number of hydrogen-bond acceptors (Lipinski definition) is 5. The number of aliphatic hydroxyl groups is 1. The molecule has 0 saturated heterocycles. The number of hydrogen-bond donors (Lipinski definition) is 1. The third kappa shape index (κ3) is 4.96. The number of ketones is 1. The molecule has 3 fully saturated rings. The van der Waals surface area contributed by atoms with Gasteiger partial charge in [0.15, 0.2) is 0 Å². The maximum Gasteiger partial charge on any atom is 0.331 e. The van der Waals surface area contributed by atoms with Crippen molar-refractivity contribution in [3.63, 3.8) is 0 Å². The molecule has 0 aliphatic heterocycles. The van der Waals surface area contributed by atoms with Gasteiger partial charge in [-0.15, -0.1) is 6.58 Å². The van der Waals surface area contributed by atoms with Gasteiger partial charge >= 0.3 is 5.97 Å². The Balaban J connectivity index is 1.53. The second kappa shape index (κ2) is 11.7. The molecule has 1 N–H and O–H groups in total. The first-order chi connectivity index (χ1) is 20.7. The first kappa shape index (κ1) is 32.8. The summed E-state index contributed by atoms with van der Waals surface area (Å²) in [7, 11) is -2.95. The van der Waals surface area contributed by atoms with E-state index >= 15 is 0 Å². The molecule has 0 heterocycles. The number of esters is 1. The molecule has 238 valence electrons. The van der Waals surface area contributed by atoms with E-state index in [-0.39, 0.29) is 40.6 Å². The number of ether oxygens (including phenoxy) is 1. The summed E-state index contributed by atoms with van der Waals surface area (Å²) in [4.78, 5) is 27.8. The van der Waals surface area contributed by atoms with Crippen LogP contribution in [0.3, 0.4) is 0 Å². The first-order valence-electron chi connectivity index (χ1n) is 16.5. The van der Waals surface area contributed by atoms with Crippen molar-refractivity contribution in [2.24, 2.45) is 34.0 Å². The van der Waals surface area contributed by atoms with Gasteiger partial charge in [0.05, 0.1) is 6.10 Å². The fourth-order valence-electron chi connectivity index (χ4n) is 9.62. The van der Waals surface area contributed by atoms with E-state index in [2.05, 4.69) is 72.4 Å². The Bertz CT molecular complexity index is 1330. The molecule has 2 bridgehead atoms. The Morgan fingerprint density at radius 2 is 1.59 bits per heavy atom. The van der Waals surface area contributed by atoms with Gasteiger partial charge in [-0.05, 0) is 58.3 Å². The highest BCUT2D eigenvalue weighted by atomic mass is 28.4. The smallest absolute Gasteiger partial charge is 0.331 e. The number of aliphatic hydroxyl groups excluding tert-OH is 1. The minimum absolute atomic E-state index is 0.0658. The third-order valence-electron chi connectivity index (χ3n) is 12.4. The van der Waals surface area contributed by atoms with Crippen molar-refractivity contribution in [1.82, 2.24) is 0 Å². The van der Waals surface area contributed by atoms with Gasteiger partial charge in [-0.3, -0.25) is 4.79 Å². The van der Waals surface area contributed by atoms with E-state index in [0.717, 1.165) is 29.6 Å². The van der Waals surface area contributed by atoms with Gasteiger partial charge in [-0.1, -0.05) is 115 Å². The Morgan fingerprint density at radius 3 is 2.11 bits per heavy atom. The SMILES string of the molecule is C=C[C@@]1(C)C[C@@H](OC(=O)CO[Si](c2ccccc2)(c2ccccc2)C(C)(C)C)[C@@]2(C)C3C(=O)CC[C@@]3(CC[C@H]2C)[C@@H](C)[C@@H]1O. The summed E-state index contributed by atoms with van der Waals surface area (Å²) in [6, 6.07) is 20.6. The lowest BCUT2D eigenvalue weighted by atomic mass is 9.44. The molecule has 0 amide bonds. The molecular formula is C38H52O5Si. The molecule has 0 spiro atoms. The predicted octanol–water partition coefficient (Wildman–Crippen LogP) is 6.47. The van der Waals surface area contributed by atoms with E-state index in [1.807, 2.05) is 49.4 Å². The van der Waals surface area contributed by atoms with Crippen LogP contribution in [0.25, 0.3) is 0 Å². The summed E-state index contributed by atoms with van der Waals surface area (Å²) in [5, 5.41) is 13.8. The molecule has 0 radical (unpaired) electrons. The van der Waals surface area contributed by atoms with Crippen LogP contribution in [-0.4, -0.2) is 44.0 Å². The summed E-state index contributed by atoms with van der Waals surface area (Å²) in [6.07, 6.45) is 4.14. The topological polar surface area (TPSA) is 72.8 Å². The lowest BCUT2D eigenvalue weighted by molar-refractivity contribution is -0.207. The van der Waals surface area contributed by atoms with E-state index in [9.17, 15) is 14.7 Å². The average Bonchev–Trinajstić information content (AvgIpc) is 3.36. The molecule has 3 aliphatic carbocycles. The average molecular weight is 617 g/mol. The van der Waals surface area contributed by atoms with Gasteiger partial charge in [0, 0.05) is 23.2 Å². The third-order valence-corrected chi connectivity index (χ3v) is 17.4. The van der Waals surface area contributed by atoms with Crippen molar-refractivity contribution in [3.05, 3.63) is 73.3 Å². The van der Waals surface area contributed by atoms with Gasteiger partial charge in [-0.2, -0.15) is 0 Å². The summed E-state index contributed by atoms with van der Waals surface area (Å²) in [6.45, 7) is 19.0. The van der Waals surface area contributed by atoms with Crippen LogP contribution in [0.2, 0.25) is 5.04 Å². The number of benzene rings is 2. The Hall–Kier alpha value is -2.54. The van der Waals surface area contributed by atoms with Crippen LogP contribution in [0, 0.1) is 34.0 Å². The van der Waals surface area contributed by atoms with Crippen LogP contribution in [0.15, 0.2) is 73.3 Å². The number of carbonyl (C=O) groups excluding carboxylic acids is 2. The first-order valence-corrected chi connectivity index (χ1v) is 18.4. The minimum Gasteiger partial charge on any atom is -0.460 e. The van der Waals surface area contributed by atoms with Gasteiger partial charge in [-0.25, -0.2) is 4.79 Å². The molecule has 5 nitrogen and oxygen atoms in total. The molecular weight excluding hydrogens is 564 g/mol. The zero-order valence-corrected chi connectivity index (χ0v) is 28.8. The van der Waals surface area contributed by atoms with Gasteiger partial charge in [0.1, 0.15) is 18.5 Å². The van der Waals surface area contributed by atoms with Crippen LogP contribution in [-0.2, 0) is 18.8 Å². The summed E-state index contributed by atoms with van der Waals surface area (Å²) < 4.78 is 13.5. The van der Waals surface area contributed by atoms with Crippen molar-refractivity contribution in [3.8, 4) is 0 Å². The van der Waals surface area contributed by atoms with E-state index in [1.54, 1.807) is 0 Å². The molecule has 5 rings (SSSR count). The highest BCUT2D eigenvalue weighted by Gasteiger charge is 2.68. The second-order valence-corrected chi connectivity index (χ2v) is 19.8. The van der Waals surface area contributed by atoms with E-state index in [4.69, 9.17) is 9.16 Å². The Labute approximate surface area is 265 Å². The zero-order valence-electron chi connectivity index (χ0n) is 27.8. The van der Waals surface area contributed by atoms with Gasteiger partial charge in [0.2, 0.25) is 0 Å². The Morgan fingerprint density at radius 1 is 1.02 bits per heavy atom. The fourth-order valence-corrected chi connectivity index (χ4v) is 14.1. The number of rotatable bonds is 7. The molecule has 1 unspecified atom stereocenters. The summed E-state index contributed by atoms with van der Waals surface area (Å²) in [5.41, 5.74) is -1.54. The normalized spacial score (nSPS) is 35.7. The second-order valence-electron chi connectivity index (χ2n) is 15.5. The van der Waals surface area contributed by atoms with Crippen molar-refractivity contribution in [1.29, 1.82) is 0 Å².